The van der Waals surface area contributed by atoms with Gasteiger partial charge in [0.05, 0.1) is 0 Å². The van der Waals surface area contributed by atoms with Gasteiger partial charge >= 0.3 is 0 Å². The predicted octanol–water partition coefficient (Wildman–Crippen LogP) is 7.27. The van der Waals surface area contributed by atoms with Crippen LogP contribution in [0.25, 0.3) is 5.57 Å². The van der Waals surface area contributed by atoms with Crippen LogP contribution in [0.3, 0.4) is 0 Å². The maximum absolute atomic E-state index is 12.6. The van der Waals surface area contributed by atoms with Gasteiger partial charge in [0.1, 0.15) is 5.78 Å². The van der Waals surface area contributed by atoms with E-state index in [1.54, 1.807) is 6.92 Å². The van der Waals surface area contributed by atoms with E-state index in [1.165, 1.54) is 44.5 Å². The van der Waals surface area contributed by atoms with E-state index in [1.807, 2.05) is 0 Å². The van der Waals surface area contributed by atoms with Crippen LogP contribution in [0.15, 0.2) is 36.4 Å². The predicted molar refractivity (Wildman–Crippen MR) is 129 cm³/mol. The van der Waals surface area contributed by atoms with E-state index < -0.39 is 0 Å². The number of allylic oxidation sites excluding steroid dienone is 2. The summed E-state index contributed by atoms with van der Waals surface area (Å²) in [5, 5.41) is 0. The average molecular weight is 403 g/mol. The van der Waals surface area contributed by atoms with Crippen molar-refractivity contribution >= 4 is 11.4 Å². The number of ketones is 1. The third kappa shape index (κ3) is 4.31. The first kappa shape index (κ1) is 22.5. The van der Waals surface area contributed by atoms with Gasteiger partial charge in [-0.15, -0.1) is 0 Å². The summed E-state index contributed by atoms with van der Waals surface area (Å²) in [5.41, 5.74) is 11.3. The molecule has 0 aromatic heterocycles. The van der Waals surface area contributed by atoms with E-state index >= 15 is 0 Å². The lowest BCUT2D eigenvalue weighted by Crippen LogP contribution is -2.15. The molecular weight excluding hydrogens is 364 g/mol. The molecule has 1 unspecified atom stereocenters. The minimum absolute atomic E-state index is 0.0159. The Morgan fingerprint density at radius 2 is 1.40 bits per heavy atom. The summed E-state index contributed by atoms with van der Waals surface area (Å²) >= 11 is 0. The molecular formula is C29H38O. The molecule has 0 fully saturated rings. The van der Waals surface area contributed by atoms with Gasteiger partial charge in [-0.1, -0.05) is 71.0 Å². The Morgan fingerprint density at radius 1 is 0.800 bits per heavy atom. The van der Waals surface area contributed by atoms with Crippen LogP contribution in [0.4, 0.5) is 0 Å². The first-order valence-electron chi connectivity index (χ1n) is 11.9. The second-order valence-electron chi connectivity index (χ2n) is 8.71. The highest BCUT2D eigenvalue weighted by Gasteiger charge is 2.33. The molecule has 0 saturated carbocycles. The molecule has 1 aliphatic carbocycles. The average Bonchev–Trinajstić information content (AvgIpc) is 3.23. The molecule has 1 nitrogen and oxygen atoms in total. The summed E-state index contributed by atoms with van der Waals surface area (Å²) in [6.07, 6.45) is 8.54. The molecule has 1 aliphatic rings. The lowest BCUT2D eigenvalue weighted by molar-refractivity contribution is -0.119. The third-order valence-electron chi connectivity index (χ3n) is 7.06. The zero-order valence-corrected chi connectivity index (χ0v) is 19.8. The zero-order chi connectivity index (χ0) is 21.8. The van der Waals surface area contributed by atoms with Crippen LogP contribution in [-0.2, 0) is 36.9 Å². The Bertz CT molecular complexity index is 922. The lowest BCUT2D eigenvalue weighted by Gasteiger charge is -2.22. The number of carbonyl (C=O) groups is 1. The van der Waals surface area contributed by atoms with Gasteiger partial charge in [0.2, 0.25) is 0 Å². The van der Waals surface area contributed by atoms with Crippen molar-refractivity contribution in [1.29, 1.82) is 0 Å². The molecule has 0 radical (unpaired) electrons. The van der Waals surface area contributed by atoms with Crippen LogP contribution in [0.2, 0.25) is 0 Å². The number of aryl methyl sites for hydroxylation is 4. The van der Waals surface area contributed by atoms with E-state index in [9.17, 15) is 4.79 Å². The van der Waals surface area contributed by atoms with Crippen LogP contribution < -0.4 is 0 Å². The number of rotatable bonds is 8. The molecule has 3 rings (SSSR count). The van der Waals surface area contributed by atoms with Crippen molar-refractivity contribution in [2.75, 3.05) is 0 Å². The number of benzene rings is 2. The van der Waals surface area contributed by atoms with E-state index in [0.29, 0.717) is 0 Å². The van der Waals surface area contributed by atoms with Crippen molar-refractivity contribution in [2.24, 2.45) is 5.92 Å². The number of hydrogen-bond acceptors (Lipinski definition) is 1. The summed E-state index contributed by atoms with van der Waals surface area (Å²) < 4.78 is 0. The maximum atomic E-state index is 12.6. The van der Waals surface area contributed by atoms with Gasteiger partial charge in [-0.05, 0) is 90.0 Å². The largest absolute Gasteiger partial charge is 0.299 e. The molecule has 0 amide bonds. The van der Waals surface area contributed by atoms with Crippen molar-refractivity contribution < 1.29 is 4.79 Å². The Hall–Kier alpha value is -2.15. The van der Waals surface area contributed by atoms with Crippen LogP contribution in [0.5, 0.6) is 0 Å². The summed E-state index contributed by atoms with van der Waals surface area (Å²) in [4.78, 5) is 12.6. The molecule has 160 valence electrons. The van der Waals surface area contributed by atoms with Crippen molar-refractivity contribution in [3.63, 3.8) is 0 Å². The SMILES string of the molecule is CCc1ccc(C2=CC(C(C)=O)[C@H](c3cc(CC)c(CC)c(CC)c3)C2)cc1CC. The molecule has 0 bridgehead atoms. The fourth-order valence-corrected chi connectivity index (χ4v) is 5.33. The monoisotopic (exact) mass is 402 g/mol. The van der Waals surface area contributed by atoms with Crippen LogP contribution >= 0.6 is 0 Å². The summed E-state index contributed by atoms with van der Waals surface area (Å²) in [6.45, 7) is 13.0. The Morgan fingerprint density at radius 3 is 1.90 bits per heavy atom. The van der Waals surface area contributed by atoms with Gasteiger partial charge in [0, 0.05) is 11.8 Å². The normalized spacial score (nSPS) is 18.5. The van der Waals surface area contributed by atoms with Gasteiger partial charge in [-0.3, -0.25) is 4.79 Å². The summed E-state index contributed by atoms with van der Waals surface area (Å²) in [7, 11) is 0. The molecule has 2 atom stereocenters. The van der Waals surface area contributed by atoms with Crippen LogP contribution in [0, 0.1) is 5.92 Å². The molecule has 30 heavy (non-hydrogen) atoms. The van der Waals surface area contributed by atoms with Crippen molar-refractivity contribution in [2.45, 2.75) is 86.0 Å². The first-order chi connectivity index (χ1) is 14.5. The molecule has 0 aliphatic heterocycles. The molecule has 1 heteroatoms. The third-order valence-corrected chi connectivity index (χ3v) is 7.06. The summed E-state index contributed by atoms with van der Waals surface area (Å²) in [5.74, 6) is 0.527. The molecule has 0 spiro atoms. The van der Waals surface area contributed by atoms with Gasteiger partial charge < -0.3 is 0 Å². The molecule has 2 aromatic rings. The smallest absolute Gasteiger partial charge is 0.137 e. The summed E-state index contributed by atoms with van der Waals surface area (Å²) in [6, 6.07) is 11.7. The number of Topliss-reactive ketones (excluding diaryl/α,β-unsaturated/α-hetero) is 1. The van der Waals surface area contributed by atoms with Gasteiger partial charge in [-0.2, -0.15) is 0 Å². The fourth-order valence-electron chi connectivity index (χ4n) is 5.33. The molecule has 0 N–H and O–H groups in total. The van der Waals surface area contributed by atoms with Gasteiger partial charge in [0.25, 0.3) is 0 Å². The quantitative estimate of drug-likeness (QED) is 0.453. The molecule has 0 saturated heterocycles. The number of carbonyl (C=O) groups excluding carboxylic acids is 1. The van der Waals surface area contributed by atoms with Crippen LogP contribution in [0.1, 0.15) is 92.8 Å². The molecule has 0 heterocycles. The van der Waals surface area contributed by atoms with Gasteiger partial charge in [0.15, 0.2) is 0 Å². The van der Waals surface area contributed by atoms with Gasteiger partial charge in [-0.25, -0.2) is 0 Å². The fraction of sp³-hybridized carbons (Fsp3) is 0.483. The van der Waals surface area contributed by atoms with Crippen molar-refractivity contribution in [3.05, 3.63) is 75.4 Å². The van der Waals surface area contributed by atoms with E-state index in [-0.39, 0.29) is 17.6 Å². The minimum Gasteiger partial charge on any atom is -0.299 e. The lowest BCUT2D eigenvalue weighted by atomic mass is 9.82. The van der Waals surface area contributed by atoms with E-state index in [4.69, 9.17) is 0 Å². The Balaban J connectivity index is 2.02. The topological polar surface area (TPSA) is 17.1 Å². The highest BCUT2D eigenvalue weighted by Crippen LogP contribution is 2.44. The number of hydrogen-bond donors (Lipinski definition) is 0. The second kappa shape index (κ2) is 9.77. The highest BCUT2D eigenvalue weighted by atomic mass is 16.1. The highest BCUT2D eigenvalue weighted by molar-refractivity contribution is 5.86. The van der Waals surface area contributed by atoms with Crippen LogP contribution in [-0.4, -0.2) is 5.78 Å². The molecule has 2 aromatic carbocycles. The van der Waals surface area contributed by atoms with E-state index in [2.05, 4.69) is 71.0 Å². The minimum atomic E-state index is -0.0159. The standard InChI is InChI=1S/C29H38O/c1-7-20-12-13-24(14-21(20)8-2)25-17-28(19(6)30)29(18-25)26-15-22(9-3)27(11-5)23(10-4)16-26/h12-17,28-29H,7-11,18H2,1-6H3/t28?,29-/m0/s1. The van der Waals surface area contributed by atoms with Crippen molar-refractivity contribution in [1.82, 2.24) is 0 Å². The van der Waals surface area contributed by atoms with Crippen molar-refractivity contribution in [3.8, 4) is 0 Å². The second-order valence-corrected chi connectivity index (χ2v) is 8.71. The Labute approximate surface area is 183 Å². The van der Waals surface area contributed by atoms with E-state index in [0.717, 1.165) is 38.5 Å². The Kier molecular flexibility index (Phi) is 7.34. The first-order valence-corrected chi connectivity index (χ1v) is 11.9. The zero-order valence-electron chi connectivity index (χ0n) is 19.8. The maximum Gasteiger partial charge on any atom is 0.137 e.